The molecular formula is C21H31N3O3. The molecule has 1 aromatic rings. The predicted octanol–water partition coefficient (Wildman–Crippen LogP) is 1.97. The first-order valence-corrected chi connectivity index (χ1v) is 9.89. The molecule has 2 fully saturated rings. The summed E-state index contributed by atoms with van der Waals surface area (Å²) in [4.78, 5) is 29.7. The highest BCUT2D eigenvalue weighted by molar-refractivity contribution is 6.04. The molecule has 0 radical (unpaired) electrons. The molecule has 2 amide bonds. The number of carbonyl (C=O) groups excluding carboxylic acids is 2. The summed E-state index contributed by atoms with van der Waals surface area (Å²) in [6.07, 6.45) is 2.08. The van der Waals surface area contributed by atoms with Crippen LogP contribution < -0.4 is 10.2 Å². The van der Waals surface area contributed by atoms with Crippen molar-refractivity contribution in [3.05, 3.63) is 29.8 Å². The van der Waals surface area contributed by atoms with Crippen LogP contribution in [0.3, 0.4) is 0 Å². The van der Waals surface area contributed by atoms with Crippen LogP contribution in [0.1, 0.15) is 32.3 Å². The van der Waals surface area contributed by atoms with Crippen LogP contribution in [-0.4, -0.2) is 62.1 Å². The third-order valence-electron chi connectivity index (χ3n) is 5.55. The fourth-order valence-corrected chi connectivity index (χ4v) is 3.72. The highest BCUT2D eigenvalue weighted by Crippen LogP contribution is 2.23. The molecule has 2 aliphatic rings. The standard InChI is InChI=1S/C21H31N3O3/c1-16-6-4-7-17(14-16)23-9-11-24(12-10-23)20(26)21(2,3)19(25)22-15-18-8-5-13-27-18/h4,6-7,14,18H,5,8-13,15H2,1-3H3,(H,22,25). The fraction of sp³-hybridized carbons (Fsp3) is 0.619. The number of hydrogen-bond acceptors (Lipinski definition) is 4. The van der Waals surface area contributed by atoms with E-state index in [1.54, 1.807) is 13.8 Å². The summed E-state index contributed by atoms with van der Waals surface area (Å²) < 4.78 is 5.54. The first kappa shape index (κ1) is 19.7. The van der Waals surface area contributed by atoms with Crippen molar-refractivity contribution < 1.29 is 14.3 Å². The van der Waals surface area contributed by atoms with E-state index in [4.69, 9.17) is 4.74 Å². The van der Waals surface area contributed by atoms with Crippen LogP contribution in [0, 0.1) is 12.3 Å². The average molecular weight is 373 g/mol. The largest absolute Gasteiger partial charge is 0.376 e. The minimum absolute atomic E-state index is 0.0812. The molecule has 0 aliphatic carbocycles. The molecule has 2 aliphatic heterocycles. The van der Waals surface area contributed by atoms with Gasteiger partial charge in [-0.3, -0.25) is 9.59 Å². The second-order valence-electron chi connectivity index (χ2n) is 8.09. The number of nitrogens with zero attached hydrogens (tertiary/aromatic N) is 2. The van der Waals surface area contributed by atoms with Gasteiger partial charge in [0, 0.05) is 45.0 Å². The van der Waals surface area contributed by atoms with Crippen molar-refractivity contribution in [1.29, 1.82) is 0 Å². The van der Waals surface area contributed by atoms with E-state index in [-0.39, 0.29) is 17.9 Å². The van der Waals surface area contributed by atoms with Crippen LogP contribution in [-0.2, 0) is 14.3 Å². The monoisotopic (exact) mass is 373 g/mol. The van der Waals surface area contributed by atoms with Crippen molar-refractivity contribution in [1.82, 2.24) is 10.2 Å². The Morgan fingerprint density at radius 2 is 1.96 bits per heavy atom. The van der Waals surface area contributed by atoms with Crippen LogP contribution in [0.15, 0.2) is 24.3 Å². The van der Waals surface area contributed by atoms with Gasteiger partial charge in [0.2, 0.25) is 11.8 Å². The van der Waals surface area contributed by atoms with E-state index in [0.717, 1.165) is 32.5 Å². The van der Waals surface area contributed by atoms with Gasteiger partial charge in [-0.2, -0.15) is 0 Å². The molecule has 1 N–H and O–H groups in total. The summed E-state index contributed by atoms with van der Waals surface area (Å²) in [6, 6.07) is 8.41. The molecule has 6 nitrogen and oxygen atoms in total. The number of ether oxygens (including phenoxy) is 1. The van der Waals surface area contributed by atoms with Gasteiger partial charge in [0.05, 0.1) is 6.10 Å². The van der Waals surface area contributed by atoms with E-state index in [9.17, 15) is 9.59 Å². The highest BCUT2D eigenvalue weighted by atomic mass is 16.5. The Balaban J connectivity index is 1.53. The number of rotatable bonds is 5. The number of benzene rings is 1. The summed E-state index contributed by atoms with van der Waals surface area (Å²) >= 11 is 0. The average Bonchev–Trinajstić information content (AvgIpc) is 3.19. The number of carbonyl (C=O) groups is 2. The van der Waals surface area contributed by atoms with Crippen LogP contribution in [0.25, 0.3) is 0 Å². The first-order valence-electron chi connectivity index (χ1n) is 9.89. The summed E-state index contributed by atoms with van der Waals surface area (Å²) in [5.74, 6) is -0.319. The minimum atomic E-state index is -1.07. The van der Waals surface area contributed by atoms with E-state index in [1.807, 2.05) is 4.90 Å². The van der Waals surface area contributed by atoms with Crippen molar-refractivity contribution in [2.45, 2.75) is 39.7 Å². The van der Waals surface area contributed by atoms with Crippen molar-refractivity contribution in [2.24, 2.45) is 5.41 Å². The molecule has 0 saturated carbocycles. The summed E-state index contributed by atoms with van der Waals surface area (Å²) in [5.41, 5.74) is 1.36. The Bertz CT molecular complexity index is 675. The Labute approximate surface area is 161 Å². The van der Waals surface area contributed by atoms with E-state index >= 15 is 0 Å². The molecule has 27 heavy (non-hydrogen) atoms. The van der Waals surface area contributed by atoms with Gasteiger partial charge in [-0.15, -0.1) is 0 Å². The number of anilines is 1. The Morgan fingerprint density at radius 3 is 2.59 bits per heavy atom. The second kappa shape index (κ2) is 8.30. The van der Waals surface area contributed by atoms with Crippen molar-refractivity contribution >= 4 is 17.5 Å². The second-order valence-corrected chi connectivity index (χ2v) is 8.09. The Morgan fingerprint density at radius 1 is 1.22 bits per heavy atom. The van der Waals surface area contributed by atoms with Gasteiger partial charge in [0.1, 0.15) is 5.41 Å². The lowest BCUT2D eigenvalue weighted by molar-refractivity contribution is -0.149. The molecule has 0 bridgehead atoms. The van der Waals surface area contributed by atoms with Gasteiger partial charge < -0.3 is 19.9 Å². The van der Waals surface area contributed by atoms with Gasteiger partial charge in [0.25, 0.3) is 0 Å². The van der Waals surface area contributed by atoms with E-state index in [1.165, 1.54) is 11.3 Å². The molecule has 1 atom stereocenters. The van der Waals surface area contributed by atoms with Crippen LogP contribution in [0.5, 0.6) is 0 Å². The lowest BCUT2D eigenvalue weighted by Gasteiger charge is -2.39. The zero-order valence-corrected chi connectivity index (χ0v) is 16.7. The minimum Gasteiger partial charge on any atom is -0.376 e. The normalized spacial score (nSPS) is 20.6. The molecule has 0 aromatic heterocycles. The number of nitrogens with one attached hydrogen (secondary N) is 1. The quantitative estimate of drug-likeness (QED) is 0.802. The van der Waals surface area contributed by atoms with Gasteiger partial charge in [0.15, 0.2) is 0 Å². The zero-order chi connectivity index (χ0) is 19.4. The van der Waals surface area contributed by atoms with E-state index < -0.39 is 5.41 Å². The zero-order valence-electron chi connectivity index (χ0n) is 16.7. The summed E-state index contributed by atoms with van der Waals surface area (Å²) in [5, 5.41) is 2.90. The van der Waals surface area contributed by atoms with Crippen LogP contribution in [0.2, 0.25) is 0 Å². The third kappa shape index (κ3) is 4.61. The third-order valence-corrected chi connectivity index (χ3v) is 5.55. The molecule has 148 valence electrons. The van der Waals surface area contributed by atoms with Crippen molar-refractivity contribution in [3.63, 3.8) is 0 Å². The maximum absolute atomic E-state index is 13.0. The fourth-order valence-electron chi connectivity index (χ4n) is 3.72. The molecule has 3 rings (SSSR count). The van der Waals surface area contributed by atoms with E-state index in [0.29, 0.717) is 19.6 Å². The molecule has 1 aromatic carbocycles. The Hall–Kier alpha value is -2.08. The molecule has 1 unspecified atom stereocenters. The Kier molecular flexibility index (Phi) is 6.05. The van der Waals surface area contributed by atoms with Gasteiger partial charge >= 0.3 is 0 Å². The van der Waals surface area contributed by atoms with Crippen LogP contribution >= 0.6 is 0 Å². The van der Waals surface area contributed by atoms with Crippen molar-refractivity contribution in [2.75, 3.05) is 44.2 Å². The lowest BCUT2D eigenvalue weighted by atomic mass is 9.89. The number of piperazine rings is 1. The maximum Gasteiger partial charge on any atom is 0.237 e. The van der Waals surface area contributed by atoms with E-state index in [2.05, 4.69) is 41.4 Å². The maximum atomic E-state index is 13.0. The molecular weight excluding hydrogens is 342 g/mol. The lowest BCUT2D eigenvalue weighted by Crippen LogP contribution is -2.56. The topological polar surface area (TPSA) is 61.9 Å². The van der Waals surface area contributed by atoms with Crippen LogP contribution in [0.4, 0.5) is 5.69 Å². The first-order chi connectivity index (χ1) is 12.9. The summed E-state index contributed by atoms with van der Waals surface area (Å²) in [7, 11) is 0. The predicted molar refractivity (Wildman–Crippen MR) is 106 cm³/mol. The number of amides is 2. The molecule has 2 saturated heterocycles. The SMILES string of the molecule is Cc1cccc(N2CCN(C(=O)C(C)(C)C(=O)NCC3CCCO3)CC2)c1. The smallest absolute Gasteiger partial charge is 0.237 e. The molecule has 6 heteroatoms. The van der Waals surface area contributed by atoms with Gasteiger partial charge in [-0.05, 0) is 51.3 Å². The van der Waals surface area contributed by atoms with Gasteiger partial charge in [-0.25, -0.2) is 0 Å². The number of hydrogen-bond donors (Lipinski definition) is 1. The summed E-state index contributed by atoms with van der Waals surface area (Å²) in [6.45, 7) is 9.59. The molecule has 0 spiro atoms. The van der Waals surface area contributed by atoms with Gasteiger partial charge in [-0.1, -0.05) is 12.1 Å². The van der Waals surface area contributed by atoms with Crippen molar-refractivity contribution in [3.8, 4) is 0 Å². The highest BCUT2D eigenvalue weighted by Gasteiger charge is 2.40. The number of aryl methyl sites for hydroxylation is 1. The molecule has 2 heterocycles.